The van der Waals surface area contributed by atoms with E-state index >= 15 is 0 Å². The molecule has 6 rings (SSSR count). The fourth-order valence-electron chi connectivity index (χ4n) is 7.41. The first kappa shape index (κ1) is 40.9. The molecule has 4 amide bonds. The van der Waals surface area contributed by atoms with Crippen molar-refractivity contribution in [1.29, 1.82) is 0 Å². The summed E-state index contributed by atoms with van der Waals surface area (Å²) in [6.07, 6.45) is 5.19. The highest BCUT2D eigenvalue weighted by molar-refractivity contribution is 5.98. The smallest absolute Gasteiger partial charge is 0.407 e. The van der Waals surface area contributed by atoms with Gasteiger partial charge in [0.2, 0.25) is 17.6 Å². The number of alkyl carbamates (subject to hydrolysis) is 1. The summed E-state index contributed by atoms with van der Waals surface area (Å²) in [4.78, 5) is 57.2. The lowest BCUT2D eigenvalue weighted by Gasteiger charge is -2.29. The van der Waals surface area contributed by atoms with Gasteiger partial charge in [0.25, 0.3) is 5.91 Å². The first-order valence-corrected chi connectivity index (χ1v) is 19.8. The summed E-state index contributed by atoms with van der Waals surface area (Å²) < 4.78 is 5.36. The van der Waals surface area contributed by atoms with Crippen LogP contribution in [-0.4, -0.2) is 84.9 Å². The van der Waals surface area contributed by atoms with Crippen LogP contribution in [0.5, 0.6) is 0 Å². The van der Waals surface area contributed by atoms with Gasteiger partial charge in [-0.3, -0.25) is 14.4 Å². The fraction of sp³-hybridized carbons (Fsp3) is 0.476. The van der Waals surface area contributed by atoms with Crippen molar-refractivity contribution >= 4 is 29.5 Å². The first-order chi connectivity index (χ1) is 27.3. The highest BCUT2D eigenvalue weighted by Gasteiger charge is 2.30. The molecule has 15 heteroatoms. The third-order valence-electron chi connectivity index (χ3n) is 10.6. The number of rotatable bonds is 12. The number of H-pyrrole nitrogens is 1. The molecular weight excluding hydrogens is 727 g/mol. The molecule has 2 aliphatic carbocycles. The number of carbonyl (C=O) groups excluding carboxylic acids is 4. The normalized spacial score (nSPS) is 20.2. The molecule has 6 N–H and O–H groups in total. The zero-order chi connectivity index (χ0) is 40.5. The molecule has 2 fully saturated rings. The van der Waals surface area contributed by atoms with Gasteiger partial charge in [0, 0.05) is 47.4 Å². The van der Waals surface area contributed by atoms with Gasteiger partial charge >= 0.3 is 6.09 Å². The minimum atomic E-state index is -0.861. The lowest BCUT2D eigenvalue weighted by molar-refractivity contribution is -0.130. The lowest BCUT2D eigenvalue weighted by Crippen LogP contribution is -2.48. The van der Waals surface area contributed by atoms with Crippen molar-refractivity contribution in [2.24, 2.45) is 11.8 Å². The van der Waals surface area contributed by atoms with Crippen LogP contribution in [0.4, 0.5) is 10.5 Å². The Labute approximate surface area is 332 Å². The highest BCUT2D eigenvalue weighted by Crippen LogP contribution is 2.29. The second-order valence-electron chi connectivity index (χ2n) is 16.2. The SMILES string of the molecule is Cc1nc(C(=O)NC2CCC(O)CC2)ccc1-c1ccc(CC(NC(=O)C2CCC(CNC(=O)OC(C)(C)C)CC2)C(=O)Nc2ccc(-c3nn[nH]n3)cc2)cc1. The molecule has 0 saturated heterocycles. The van der Waals surface area contributed by atoms with Crippen LogP contribution in [0.25, 0.3) is 22.5 Å². The lowest BCUT2D eigenvalue weighted by atomic mass is 9.81. The summed E-state index contributed by atoms with van der Waals surface area (Å²) in [7, 11) is 0. The molecule has 2 aliphatic rings. The van der Waals surface area contributed by atoms with E-state index in [1.807, 2.05) is 58.0 Å². The monoisotopic (exact) mass is 779 g/mol. The molecule has 4 aromatic rings. The molecular formula is C42H53N9O6. The minimum Gasteiger partial charge on any atom is -0.444 e. The number of aliphatic hydroxyl groups excluding tert-OH is 1. The van der Waals surface area contributed by atoms with E-state index in [2.05, 4.69) is 46.9 Å². The third kappa shape index (κ3) is 11.7. The number of amides is 4. The zero-order valence-corrected chi connectivity index (χ0v) is 33.0. The van der Waals surface area contributed by atoms with Crippen LogP contribution in [-0.2, 0) is 20.7 Å². The van der Waals surface area contributed by atoms with E-state index in [0.29, 0.717) is 55.1 Å². The van der Waals surface area contributed by atoms with Crippen LogP contribution in [0.2, 0.25) is 0 Å². The molecule has 1 unspecified atom stereocenters. The summed E-state index contributed by atoms with van der Waals surface area (Å²) in [5.41, 5.74) is 4.39. The highest BCUT2D eigenvalue weighted by atomic mass is 16.6. The number of anilines is 1. The minimum absolute atomic E-state index is 0.0315. The van der Waals surface area contributed by atoms with Crippen molar-refractivity contribution in [3.05, 3.63) is 77.6 Å². The topological polar surface area (TPSA) is 213 Å². The van der Waals surface area contributed by atoms with Crippen LogP contribution < -0.4 is 21.3 Å². The van der Waals surface area contributed by atoms with Gasteiger partial charge < -0.3 is 31.1 Å². The number of nitrogens with one attached hydrogen (secondary N) is 5. The summed E-state index contributed by atoms with van der Waals surface area (Å²) in [6.45, 7) is 7.82. The Hall–Kier alpha value is -5.70. The molecule has 2 heterocycles. The van der Waals surface area contributed by atoms with Crippen LogP contribution in [0.1, 0.15) is 93.9 Å². The number of hydrogen-bond donors (Lipinski definition) is 6. The van der Waals surface area contributed by atoms with Crippen LogP contribution >= 0.6 is 0 Å². The first-order valence-electron chi connectivity index (χ1n) is 19.8. The van der Waals surface area contributed by atoms with Gasteiger partial charge in [-0.2, -0.15) is 5.21 Å². The van der Waals surface area contributed by atoms with Gasteiger partial charge in [-0.05, 0) is 132 Å². The maximum atomic E-state index is 13.8. The molecule has 2 aromatic heterocycles. The van der Waals surface area contributed by atoms with Gasteiger partial charge in [-0.15, -0.1) is 10.2 Å². The summed E-state index contributed by atoms with van der Waals surface area (Å²) in [6, 6.07) is 17.6. The van der Waals surface area contributed by atoms with Crippen molar-refractivity contribution in [3.63, 3.8) is 0 Å². The van der Waals surface area contributed by atoms with Crippen molar-refractivity contribution in [3.8, 4) is 22.5 Å². The second-order valence-corrected chi connectivity index (χ2v) is 16.2. The number of aromatic nitrogens is 5. The number of hydrogen-bond acceptors (Lipinski definition) is 10. The third-order valence-corrected chi connectivity index (χ3v) is 10.6. The molecule has 2 saturated carbocycles. The van der Waals surface area contributed by atoms with E-state index in [1.165, 1.54) is 0 Å². The van der Waals surface area contributed by atoms with Crippen molar-refractivity contribution in [2.45, 2.75) is 109 Å². The summed E-state index contributed by atoms with van der Waals surface area (Å²) in [5.74, 6) is -0.344. The molecule has 0 aliphatic heterocycles. The van der Waals surface area contributed by atoms with E-state index in [9.17, 15) is 24.3 Å². The fourth-order valence-corrected chi connectivity index (χ4v) is 7.41. The zero-order valence-electron chi connectivity index (χ0n) is 33.0. The van der Waals surface area contributed by atoms with Crippen molar-refractivity contribution < 1.29 is 29.0 Å². The van der Waals surface area contributed by atoms with Gasteiger partial charge in [0.1, 0.15) is 17.3 Å². The number of aromatic amines is 1. The van der Waals surface area contributed by atoms with Crippen LogP contribution in [0.3, 0.4) is 0 Å². The van der Waals surface area contributed by atoms with Crippen molar-refractivity contribution in [1.82, 2.24) is 41.6 Å². The predicted molar refractivity (Wildman–Crippen MR) is 214 cm³/mol. The largest absolute Gasteiger partial charge is 0.444 e. The Morgan fingerprint density at radius 3 is 2.19 bits per heavy atom. The number of ether oxygens (including phenoxy) is 1. The Bertz CT molecular complexity index is 1980. The molecule has 15 nitrogen and oxygen atoms in total. The van der Waals surface area contributed by atoms with Crippen LogP contribution in [0.15, 0.2) is 60.7 Å². The van der Waals surface area contributed by atoms with E-state index in [0.717, 1.165) is 47.9 Å². The maximum absolute atomic E-state index is 13.8. The van der Waals surface area contributed by atoms with E-state index in [1.54, 1.807) is 30.3 Å². The van der Waals surface area contributed by atoms with Gasteiger partial charge in [-0.25, -0.2) is 9.78 Å². The number of aliphatic hydroxyl groups is 1. The van der Waals surface area contributed by atoms with E-state index in [-0.39, 0.29) is 48.1 Å². The molecule has 302 valence electrons. The van der Waals surface area contributed by atoms with Crippen LogP contribution in [0, 0.1) is 18.8 Å². The van der Waals surface area contributed by atoms with E-state index < -0.39 is 17.7 Å². The quantitative estimate of drug-likeness (QED) is 0.110. The van der Waals surface area contributed by atoms with Gasteiger partial charge in [0.05, 0.1) is 6.10 Å². The average molecular weight is 780 g/mol. The Balaban J connectivity index is 1.10. The number of carbonyl (C=O) groups is 4. The molecule has 0 bridgehead atoms. The molecule has 0 radical (unpaired) electrons. The molecule has 0 spiro atoms. The Morgan fingerprint density at radius 2 is 1.56 bits per heavy atom. The predicted octanol–water partition coefficient (Wildman–Crippen LogP) is 5.27. The maximum Gasteiger partial charge on any atom is 0.407 e. The van der Waals surface area contributed by atoms with Gasteiger partial charge in [0.15, 0.2) is 0 Å². The Kier molecular flexibility index (Phi) is 13.3. The number of pyridine rings is 1. The summed E-state index contributed by atoms with van der Waals surface area (Å²) >= 11 is 0. The number of tetrazole rings is 1. The number of aryl methyl sites for hydroxylation is 1. The number of benzene rings is 2. The molecule has 2 aromatic carbocycles. The molecule has 1 atom stereocenters. The van der Waals surface area contributed by atoms with Gasteiger partial charge in [-0.1, -0.05) is 30.3 Å². The average Bonchev–Trinajstić information content (AvgIpc) is 3.73. The second kappa shape index (κ2) is 18.5. The number of nitrogens with zero attached hydrogens (tertiary/aromatic N) is 4. The Morgan fingerprint density at radius 1 is 0.877 bits per heavy atom. The van der Waals surface area contributed by atoms with Crippen molar-refractivity contribution in [2.75, 3.05) is 11.9 Å². The summed E-state index contributed by atoms with van der Waals surface area (Å²) in [5, 5.41) is 35.7. The molecule has 57 heavy (non-hydrogen) atoms. The standard InChI is InChI=1S/C42H53N9O6/c1-25-34(21-22-35(44-25)39(54)45-32-17-19-33(52)20-18-32)28-9-5-26(6-10-28)23-36(40(55)46-31-15-13-29(14-16-31)37-48-50-51-49-37)47-38(53)30-11-7-27(8-12-30)24-43-41(56)57-42(2,3)4/h5-6,9-10,13-16,21-22,27,30,32-33,36,52H,7-8,11-12,17-20,23-24H2,1-4H3,(H,43,56)(H,45,54)(H,46,55)(H,47,53)(H,48,49,50,51). The van der Waals surface area contributed by atoms with E-state index in [4.69, 9.17) is 4.74 Å².